The standard InChI is InChI=1S/C11H22O5S/c1-5-6-8(2)9(3)10(7-11(12)13)16-17(4,14)15/h8-10H,5-7H2,1-4H3,(H,12,13)/t8-,9-,10?/m1/s1. The fraction of sp³-hybridized carbons (Fsp3) is 0.909. The summed E-state index contributed by atoms with van der Waals surface area (Å²) >= 11 is 0. The largest absolute Gasteiger partial charge is 0.481 e. The van der Waals surface area contributed by atoms with Crippen LogP contribution in [-0.2, 0) is 19.1 Å². The van der Waals surface area contributed by atoms with Crippen LogP contribution in [-0.4, -0.2) is 31.9 Å². The van der Waals surface area contributed by atoms with Crippen molar-refractivity contribution in [3.05, 3.63) is 0 Å². The van der Waals surface area contributed by atoms with Crippen molar-refractivity contribution in [3.8, 4) is 0 Å². The number of rotatable bonds is 8. The molecule has 5 nitrogen and oxygen atoms in total. The Balaban J connectivity index is 4.72. The first-order valence-corrected chi connectivity index (χ1v) is 7.59. The van der Waals surface area contributed by atoms with E-state index < -0.39 is 22.2 Å². The van der Waals surface area contributed by atoms with Gasteiger partial charge in [-0.2, -0.15) is 8.42 Å². The molecule has 6 heteroatoms. The highest BCUT2D eigenvalue weighted by Gasteiger charge is 2.28. The third-order valence-corrected chi connectivity index (χ3v) is 3.50. The van der Waals surface area contributed by atoms with Gasteiger partial charge in [-0.1, -0.05) is 33.6 Å². The summed E-state index contributed by atoms with van der Waals surface area (Å²) in [5.74, 6) is -0.930. The molecule has 0 aliphatic rings. The summed E-state index contributed by atoms with van der Waals surface area (Å²) in [5, 5.41) is 8.77. The van der Waals surface area contributed by atoms with Crippen LogP contribution in [0.3, 0.4) is 0 Å². The molecule has 0 heterocycles. The van der Waals surface area contributed by atoms with Crippen LogP contribution < -0.4 is 0 Å². The lowest BCUT2D eigenvalue weighted by molar-refractivity contribution is -0.139. The highest BCUT2D eigenvalue weighted by atomic mass is 32.2. The molecule has 0 aliphatic carbocycles. The van der Waals surface area contributed by atoms with E-state index in [0.29, 0.717) is 0 Å². The van der Waals surface area contributed by atoms with Gasteiger partial charge in [0.15, 0.2) is 0 Å². The van der Waals surface area contributed by atoms with Crippen LogP contribution in [0.1, 0.15) is 40.0 Å². The smallest absolute Gasteiger partial charge is 0.306 e. The molecule has 0 saturated heterocycles. The molecular formula is C11H22O5S. The monoisotopic (exact) mass is 266 g/mol. The van der Waals surface area contributed by atoms with E-state index in [0.717, 1.165) is 19.1 Å². The Morgan fingerprint density at radius 2 is 1.88 bits per heavy atom. The maximum Gasteiger partial charge on any atom is 0.306 e. The predicted octanol–water partition coefficient (Wildman–Crippen LogP) is 1.88. The average molecular weight is 266 g/mol. The van der Waals surface area contributed by atoms with E-state index in [2.05, 4.69) is 0 Å². The van der Waals surface area contributed by atoms with E-state index >= 15 is 0 Å². The quantitative estimate of drug-likeness (QED) is 0.678. The highest BCUT2D eigenvalue weighted by molar-refractivity contribution is 7.86. The van der Waals surface area contributed by atoms with Crippen molar-refractivity contribution in [2.45, 2.75) is 46.1 Å². The third kappa shape index (κ3) is 7.33. The summed E-state index contributed by atoms with van der Waals surface area (Å²) in [4.78, 5) is 10.7. The molecule has 0 spiro atoms. The van der Waals surface area contributed by atoms with Crippen molar-refractivity contribution in [2.75, 3.05) is 6.26 Å². The second-order valence-electron chi connectivity index (χ2n) is 4.56. The van der Waals surface area contributed by atoms with Crippen LogP contribution in [0.15, 0.2) is 0 Å². The fourth-order valence-corrected chi connectivity index (χ4v) is 2.48. The van der Waals surface area contributed by atoms with Gasteiger partial charge in [0.1, 0.15) is 0 Å². The van der Waals surface area contributed by atoms with Gasteiger partial charge in [0.05, 0.1) is 18.8 Å². The minimum Gasteiger partial charge on any atom is -0.481 e. The van der Waals surface area contributed by atoms with Crippen molar-refractivity contribution in [1.82, 2.24) is 0 Å². The Labute approximate surface area is 103 Å². The highest BCUT2D eigenvalue weighted by Crippen LogP contribution is 2.25. The van der Waals surface area contributed by atoms with Crippen LogP contribution in [0.2, 0.25) is 0 Å². The van der Waals surface area contributed by atoms with Gasteiger partial charge in [-0.05, 0) is 11.8 Å². The normalized spacial score (nSPS) is 17.4. The molecule has 0 amide bonds. The van der Waals surface area contributed by atoms with Crippen molar-refractivity contribution in [3.63, 3.8) is 0 Å². The lowest BCUT2D eigenvalue weighted by Gasteiger charge is -2.26. The molecule has 0 aromatic heterocycles. The van der Waals surface area contributed by atoms with Crippen molar-refractivity contribution >= 4 is 16.1 Å². The Hall–Kier alpha value is -0.620. The molecule has 0 saturated carbocycles. The topological polar surface area (TPSA) is 80.7 Å². The lowest BCUT2D eigenvalue weighted by atomic mass is 9.86. The van der Waals surface area contributed by atoms with E-state index in [4.69, 9.17) is 9.29 Å². The van der Waals surface area contributed by atoms with Gasteiger partial charge >= 0.3 is 5.97 Å². The van der Waals surface area contributed by atoms with Gasteiger partial charge in [-0.15, -0.1) is 0 Å². The molecule has 0 aliphatic heterocycles. The first kappa shape index (κ1) is 16.4. The zero-order valence-corrected chi connectivity index (χ0v) is 11.7. The number of aliphatic carboxylic acids is 1. The summed E-state index contributed by atoms with van der Waals surface area (Å²) < 4.78 is 27.1. The van der Waals surface area contributed by atoms with Gasteiger partial charge < -0.3 is 5.11 Å². The predicted molar refractivity (Wildman–Crippen MR) is 65.2 cm³/mol. The molecule has 0 radical (unpaired) electrons. The second kappa shape index (κ2) is 6.96. The van der Waals surface area contributed by atoms with Gasteiger partial charge in [0, 0.05) is 0 Å². The number of carboxylic acid groups (broad SMARTS) is 1. The minimum atomic E-state index is -3.63. The van der Waals surface area contributed by atoms with Gasteiger partial charge in [0.2, 0.25) is 0 Å². The average Bonchev–Trinajstić information content (AvgIpc) is 2.13. The molecular weight excluding hydrogens is 244 g/mol. The lowest BCUT2D eigenvalue weighted by Crippen LogP contribution is -2.31. The van der Waals surface area contributed by atoms with Crippen molar-refractivity contribution in [2.24, 2.45) is 11.8 Å². The first-order valence-electron chi connectivity index (χ1n) is 5.77. The van der Waals surface area contributed by atoms with Crippen LogP contribution >= 0.6 is 0 Å². The summed E-state index contributed by atoms with van der Waals surface area (Å²) in [6.07, 6.45) is 1.76. The van der Waals surface area contributed by atoms with E-state index in [1.165, 1.54) is 0 Å². The molecule has 0 fully saturated rings. The van der Waals surface area contributed by atoms with Crippen molar-refractivity contribution < 1.29 is 22.5 Å². The zero-order valence-electron chi connectivity index (χ0n) is 10.8. The van der Waals surface area contributed by atoms with Gasteiger partial charge in [-0.3, -0.25) is 8.98 Å². The SMILES string of the molecule is CCC[C@@H](C)[C@@H](C)C(CC(=O)O)OS(C)(=O)=O. The first-order chi connectivity index (χ1) is 7.67. The molecule has 3 atom stereocenters. The molecule has 0 aromatic rings. The second-order valence-corrected chi connectivity index (χ2v) is 6.16. The zero-order chi connectivity index (χ0) is 13.6. The maximum absolute atomic E-state index is 11.1. The van der Waals surface area contributed by atoms with E-state index in [9.17, 15) is 13.2 Å². The van der Waals surface area contributed by atoms with Gasteiger partial charge in [0.25, 0.3) is 10.1 Å². The van der Waals surface area contributed by atoms with Crippen LogP contribution in [0, 0.1) is 11.8 Å². The van der Waals surface area contributed by atoms with Gasteiger partial charge in [-0.25, -0.2) is 0 Å². The molecule has 102 valence electrons. The Morgan fingerprint density at radius 3 is 2.24 bits per heavy atom. The Kier molecular flexibility index (Phi) is 6.70. The fourth-order valence-electron chi connectivity index (χ4n) is 1.79. The Morgan fingerprint density at radius 1 is 1.35 bits per heavy atom. The van der Waals surface area contributed by atoms with E-state index in [1.807, 2.05) is 20.8 Å². The summed E-state index contributed by atoms with van der Waals surface area (Å²) in [6, 6.07) is 0. The molecule has 0 bridgehead atoms. The minimum absolute atomic E-state index is 0.110. The van der Waals surface area contributed by atoms with Crippen LogP contribution in [0.5, 0.6) is 0 Å². The van der Waals surface area contributed by atoms with Crippen LogP contribution in [0.25, 0.3) is 0 Å². The number of hydrogen-bond acceptors (Lipinski definition) is 4. The maximum atomic E-state index is 11.1. The third-order valence-electron chi connectivity index (χ3n) is 2.90. The summed E-state index contributed by atoms with van der Waals surface area (Å²) in [7, 11) is -3.63. The van der Waals surface area contributed by atoms with E-state index in [1.54, 1.807) is 0 Å². The number of hydrogen-bond donors (Lipinski definition) is 1. The summed E-state index contributed by atoms with van der Waals surface area (Å²) in [5.41, 5.74) is 0. The number of carbonyl (C=O) groups is 1. The summed E-state index contributed by atoms with van der Waals surface area (Å²) in [6.45, 7) is 5.85. The van der Waals surface area contributed by atoms with Crippen molar-refractivity contribution in [1.29, 1.82) is 0 Å². The molecule has 17 heavy (non-hydrogen) atoms. The van der Waals surface area contributed by atoms with Crippen LogP contribution in [0.4, 0.5) is 0 Å². The Bertz CT molecular complexity index is 336. The number of carboxylic acids is 1. The molecule has 0 rings (SSSR count). The molecule has 1 unspecified atom stereocenters. The van der Waals surface area contributed by atoms with E-state index in [-0.39, 0.29) is 18.3 Å². The molecule has 1 N–H and O–H groups in total. The molecule has 0 aromatic carbocycles.